The van der Waals surface area contributed by atoms with Crippen LogP contribution in [0, 0.1) is 18.7 Å². The van der Waals surface area contributed by atoms with Gasteiger partial charge >= 0.3 is 5.97 Å². The Morgan fingerprint density at radius 3 is 2.41 bits per heavy atom. The number of halogens is 1. The second-order valence-electron chi connectivity index (χ2n) is 7.84. The van der Waals surface area contributed by atoms with Gasteiger partial charge in [-0.2, -0.15) is 0 Å². The molecular weight excluding hydrogens is 375 g/mol. The average molecular weight is 398 g/mol. The van der Waals surface area contributed by atoms with E-state index in [1.807, 2.05) is 0 Å². The van der Waals surface area contributed by atoms with E-state index < -0.39 is 17.3 Å². The van der Waals surface area contributed by atoms with Gasteiger partial charge in [0.2, 0.25) is 11.8 Å². The molecule has 7 heteroatoms. The number of aryl methyl sites for hydroxylation is 1. The van der Waals surface area contributed by atoms with Crippen molar-refractivity contribution in [3.63, 3.8) is 0 Å². The maximum Gasteiger partial charge on any atom is 0.313 e. The molecule has 2 aromatic carbocycles. The van der Waals surface area contributed by atoms with E-state index in [2.05, 4.69) is 5.32 Å². The smallest absolute Gasteiger partial charge is 0.313 e. The topological polar surface area (TPSA) is 86.7 Å². The summed E-state index contributed by atoms with van der Waals surface area (Å²) in [7, 11) is 0. The van der Waals surface area contributed by atoms with Crippen LogP contribution in [0.15, 0.2) is 42.5 Å². The summed E-state index contributed by atoms with van der Waals surface area (Å²) in [6.45, 7) is 5.07. The van der Waals surface area contributed by atoms with Gasteiger partial charge in [0.1, 0.15) is 5.82 Å². The number of carboxylic acids is 1. The van der Waals surface area contributed by atoms with Crippen molar-refractivity contribution in [1.29, 1.82) is 0 Å². The highest BCUT2D eigenvalue weighted by atomic mass is 19.1. The van der Waals surface area contributed by atoms with Crippen LogP contribution in [0.1, 0.15) is 31.4 Å². The first-order chi connectivity index (χ1) is 13.6. The van der Waals surface area contributed by atoms with Crippen LogP contribution in [-0.4, -0.2) is 29.4 Å². The number of benzene rings is 2. The van der Waals surface area contributed by atoms with E-state index in [1.165, 1.54) is 17.0 Å². The number of nitrogens with zero attached hydrogens (tertiary/aromatic N) is 1. The summed E-state index contributed by atoms with van der Waals surface area (Å²) in [5.74, 6) is -2.28. The molecule has 1 atom stereocenters. The van der Waals surface area contributed by atoms with Crippen molar-refractivity contribution < 1.29 is 23.9 Å². The minimum Gasteiger partial charge on any atom is -0.481 e. The third-order valence-electron chi connectivity index (χ3n) is 5.36. The summed E-state index contributed by atoms with van der Waals surface area (Å²) in [4.78, 5) is 37.8. The monoisotopic (exact) mass is 398 g/mol. The molecule has 1 saturated heterocycles. The quantitative estimate of drug-likeness (QED) is 0.807. The van der Waals surface area contributed by atoms with Gasteiger partial charge in [-0.15, -0.1) is 0 Å². The number of hydrogen-bond donors (Lipinski definition) is 2. The van der Waals surface area contributed by atoms with Crippen LogP contribution in [0.4, 0.5) is 15.8 Å². The van der Waals surface area contributed by atoms with Gasteiger partial charge in [-0.1, -0.05) is 12.1 Å². The molecule has 1 unspecified atom stereocenters. The van der Waals surface area contributed by atoms with Crippen molar-refractivity contribution in [3.8, 4) is 0 Å². The Hall–Kier alpha value is -3.22. The van der Waals surface area contributed by atoms with E-state index in [0.29, 0.717) is 22.5 Å². The molecule has 0 saturated carbocycles. The number of anilines is 2. The predicted molar refractivity (Wildman–Crippen MR) is 107 cm³/mol. The minimum atomic E-state index is -1.03. The standard InChI is InChI=1S/C22H23FN2O4/c1-13-10-17(8-9-18(13)23)25-12-14(11-19(25)26)20(27)24-16-6-4-15(5-7-16)22(2,3)21(28)29/h4-10,14H,11-12H2,1-3H3,(H,24,27)(H,28,29). The van der Waals surface area contributed by atoms with Crippen molar-refractivity contribution in [1.82, 2.24) is 0 Å². The summed E-state index contributed by atoms with van der Waals surface area (Å²) in [6, 6.07) is 11.1. The molecule has 0 radical (unpaired) electrons. The molecule has 1 aliphatic heterocycles. The highest BCUT2D eigenvalue weighted by molar-refractivity contribution is 6.03. The first-order valence-corrected chi connectivity index (χ1v) is 9.31. The number of rotatable bonds is 5. The number of amides is 2. The maximum absolute atomic E-state index is 13.5. The van der Waals surface area contributed by atoms with Gasteiger partial charge in [0, 0.05) is 24.3 Å². The molecule has 29 heavy (non-hydrogen) atoms. The summed E-state index contributed by atoms with van der Waals surface area (Å²) < 4.78 is 13.5. The van der Waals surface area contributed by atoms with Gasteiger partial charge in [-0.3, -0.25) is 14.4 Å². The molecule has 2 amide bonds. The Morgan fingerprint density at radius 1 is 1.17 bits per heavy atom. The molecule has 0 spiro atoms. The Kier molecular flexibility index (Phi) is 5.42. The van der Waals surface area contributed by atoms with E-state index in [9.17, 15) is 23.9 Å². The zero-order chi connectivity index (χ0) is 21.3. The first-order valence-electron chi connectivity index (χ1n) is 9.31. The van der Waals surface area contributed by atoms with Crippen molar-refractivity contribution in [3.05, 3.63) is 59.4 Å². The molecule has 0 aromatic heterocycles. The van der Waals surface area contributed by atoms with Gasteiger partial charge in [0.05, 0.1) is 11.3 Å². The number of carbonyl (C=O) groups is 3. The van der Waals surface area contributed by atoms with E-state index in [4.69, 9.17) is 0 Å². The lowest BCUT2D eigenvalue weighted by atomic mass is 9.85. The second-order valence-corrected chi connectivity index (χ2v) is 7.84. The van der Waals surface area contributed by atoms with E-state index in [0.717, 1.165) is 0 Å². The zero-order valence-corrected chi connectivity index (χ0v) is 16.5. The van der Waals surface area contributed by atoms with Crippen LogP contribution in [0.25, 0.3) is 0 Å². The fourth-order valence-corrected chi connectivity index (χ4v) is 3.27. The molecule has 3 rings (SSSR count). The lowest BCUT2D eigenvalue weighted by Gasteiger charge is -2.20. The maximum atomic E-state index is 13.5. The van der Waals surface area contributed by atoms with Crippen LogP contribution in [0.2, 0.25) is 0 Å². The van der Waals surface area contributed by atoms with Gasteiger partial charge < -0.3 is 15.3 Å². The zero-order valence-electron chi connectivity index (χ0n) is 16.5. The predicted octanol–water partition coefficient (Wildman–Crippen LogP) is 3.49. The average Bonchev–Trinajstić information content (AvgIpc) is 3.06. The van der Waals surface area contributed by atoms with Crippen molar-refractivity contribution >= 4 is 29.2 Å². The van der Waals surface area contributed by atoms with Crippen molar-refractivity contribution in [2.24, 2.45) is 5.92 Å². The van der Waals surface area contributed by atoms with E-state index in [1.54, 1.807) is 51.1 Å². The normalized spacial score (nSPS) is 16.8. The van der Waals surface area contributed by atoms with Crippen LogP contribution in [0.5, 0.6) is 0 Å². The summed E-state index contributed by atoms with van der Waals surface area (Å²) in [6.07, 6.45) is 0.0758. The van der Waals surface area contributed by atoms with Crippen LogP contribution < -0.4 is 10.2 Å². The molecule has 0 bridgehead atoms. The van der Waals surface area contributed by atoms with Gasteiger partial charge in [0.25, 0.3) is 0 Å². The third-order valence-corrected chi connectivity index (χ3v) is 5.36. The molecular formula is C22H23FN2O4. The largest absolute Gasteiger partial charge is 0.481 e. The fraction of sp³-hybridized carbons (Fsp3) is 0.318. The number of hydrogen-bond acceptors (Lipinski definition) is 3. The molecule has 1 heterocycles. The summed E-state index contributed by atoms with van der Waals surface area (Å²) in [5, 5.41) is 12.1. The lowest BCUT2D eigenvalue weighted by Crippen LogP contribution is -2.29. The molecule has 1 fully saturated rings. The highest BCUT2D eigenvalue weighted by Gasteiger charge is 2.35. The second kappa shape index (κ2) is 7.66. The molecule has 2 aromatic rings. The third kappa shape index (κ3) is 4.13. The Balaban J connectivity index is 1.68. The Morgan fingerprint density at radius 2 is 1.83 bits per heavy atom. The SMILES string of the molecule is Cc1cc(N2CC(C(=O)Nc3ccc(C(C)(C)C(=O)O)cc3)CC2=O)ccc1F. The van der Waals surface area contributed by atoms with Gasteiger partial charge in [-0.25, -0.2) is 4.39 Å². The summed E-state index contributed by atoms with van der Waals surface area (Å²) >= 11 is 0. The number of aliphatic carboxylic acids is 1. The van der Waals surface area contributed by atoms with Crippen LogP contribution in [0.3, 0.4) is 0 Å². The Bertz CT molecular complexity index is 969. The van der Waals surface area contributed by atoms with Crippen LogP contribution in [-0.2, 0) is 19.8 Å². The highest BCUT2D eigenvalue weighted by Crippen LogP contribution is 2.28. The van der Waals surface area contributed by atoms with E-state index >= 15 is 0 Å². The number of nitrogens with one attached hydrogen (secondary N) is 1. The molecule has 6 nitrogen and oxygen atoms in total. The summed E-state index contributed by atoms with van der Waals surface area (Å²) in [5.41, 5.74) is 1.13. The lowest BCUT2D eigenvalue weighted by molar-refractivity contribution is -0.142. The van der Waals surface area contributed by atoms with Gasteiger partial charge in [-0.05, 0) is 62.2 Å². The number of carbonyl (C=O) groups excluding carboxylic acids is 2. The fourth-order valence-electron chi connectivity index (χ4n) is 3.27. The minimum absolute atomic E-state index is 0.0758. The van der Waals surface area contributed by atoms with Gasteiger partial charge in [0.15, 0.2) is 0 Å². The molecule has 1 aliphatic rings. The number of carboxylic acid groups (broad SMARTS) is 1. The molecule has 0 aliphatic carbocycles. The van der Waals surface area contributed by atoms with Crippen LogP contribution >= 0.6 is 0 Å². The van der Waals surface area contributed by atoms with Crippen molar-refractivity contribution in [2.45, 2.75) is 32.6 Å². The van der Waals surface area contributed by atoms with E-state index in [-0.39, 0.29) is 30.6 Å². The molecule has 2 N–H and O–H groups in total. The molecule has 152 valence electrons. The first kappa shape index (κ1) is 20.5. The van der Waals surface area contributed by atoms with Crippen molar-refractivity contribution in [2.75, 3.05) is 16.8 Å². The Labute approximate surface area is 168 Å².